The number of alkyl halides is 3. The van der Waals surface area contributed by atoms with Gasteiger partial charge in [0.2, 0.25) is 0 Å². The van der Waals surface area contributed by atoms with Gasteiger partial charge in [0.05, 0.1) is 23.7 Å². The van der Waals surface area contributed by atoms with Crippen LogP contribution in [0.15, 0.2) is 12.3 Å². The van der Waals surface area contributed by atoms with Crippen LogP contribution in [0.2, 0.25) is 0 Å². The lowest BCUT2D eigenvalue weighted by atomic mass is 10.1. The number of nitrogens with zero attached hydrogens (tertiary/aromatic N) is 1. The molecule has 1 aromatic rings. The summed E-state index contributed by atoms with van der Waals surface area (Å²) in [7, 11) is 0. The molecule has 2 atom stereocenters. The van der Waals surface area contributed by atoms with E-state index in [1.807, 2.05) is 6.92 Å². The van der Waals surface area contributed by atoms with Gasteiger partial charge >= 0.3 is 6.18 Å². The van der Waals surface area contributed by atoms with Crippen LogP contribution >= 0.6 is 0 Å². The second kappa shape index (κ2) is 5.24. The summed E-state index contributed by atoms with van der Waals surface area (Å²) < 4.78 is 43.2. The molecule has 4 nitrogen and oxygen atoms in total. The lowest BCUT2D eigenvalue weighted by Crippen LogP contribution is -2.30. The van der Waals surface area contributed by atoms with Gasteiger partial charge in [-0.3, -0.25) is 0 Å². The van der Waals surface area contributed by atoms with Crippen molar-refractivity contribution in [1.82, 2.24) is 4.98 Å². The molecule has 1 saturated heterocycles. The molecule has 1 aromatic heterocycles. The molecule has 19 heavy (non-hydrogen) atoms. The first-order chi connectivity index (χ1) is 8.88. The van der Waals surface area contributed by atoms with Crippen LogP contribution in [0.1, 0.15) is 25.5 Å². The zero-order chi connectivity index (χ0) is 14.0. The fourth-order valence-electron chi connectivity index (χ4n) is 2.08. The number of hydrogen-bond donors (Lipinski definition) is 2. The minimum absolute atomic E-state index is 0.00176. The number of nitrogens with one attached hydrogen (secondary N) is 1. The molecule has 0 bridgehead atoms. The standard InChI is InChI=1S/C12H16F3N3O/c1-7(10-3-2-4-19-10)18-9-5-11(12(13,14)15)17-6-8(9)16/h5-7,10H,2-4,16H2,1H3,(H,17,18). The van der Waals surface area contributed by atoms with Crippen molar-refractivity contribution < 1.29 is 17.9 Å². The lowest BCUT2D eigenvalue weighted by Gasteiger charge is -2.22. The zero-order valence-corrected chi connectivity index (χ0v) is 10.5. The van der Waals surface area contributed by atoms with Crippen LogP contribution < -0.4 is 11.1 Å². The summed E-state index contributed by atoms with van der Waals surface area (Å²) in [6.45, 7) is 2.55. The quantitative estimate of drug-likeness (QED) is 0.890. The SMILES string of the molecule is CC(Nc1cc(C(F)(F)F)ncc1N)C1CCCO1. The Bertz CT molecular complexity index is 444. The zero-order valence-electron chi connectivity index (χ0n) is 10.5. The fourth-order valence-corrected chi connectivity index (χ4v) is 2.08. The summed E-state index contributed by atoms with van der Waals surface area (Å²) in [5.41, 5.74) is 5.13. The van der Waals surface area contributed by atoms with Crippen LogP contribution in [0.5, 0.6) is 0 Å². The predicted molar refractivity (Wildman–Crippen MR) is 65.7 cm³/mol. The molecule has 1 aliphatic rings. The van der Waals surface area contributed by atoms with Crippen molar-refractivity contribution >= 4 is 11.4 Å². The van der Waals surface area contributed by atoms with Crippen LogP contribution in [0.4, 0.5) is 24.5 Å². The molecule has 2 unspecified atom stereocenters. The van der Waals surface area contributed by atoms with Gasteiger partial charge in [-0.05, 0) is 25.8 Å². The third-order valence-electron chi connectivity index (χ3n) is 3.13. The number of nitrogen functional groups attached to an aromatic ring is 1. The van der Waals surface area contributed by atoms with Gasteiger partial charge in [-0.15, -0.1) is 0 Å². The maximum absolute atomic E-state index is 12.6. The Kier molecular flexibility index (Phi) is 3.84. The normalized spacial score (nSPS) is 21.4. The Morgan fingerprint density at radius 2 is 2.26 bits per heavy atom. The van der Waals surface area contributed by atoms with Gasteiger partial charge < -0.3 is 15.8 Å². The molecular formula is C12H16F3N3O. The molecule has 0 aliphatic carbocycles. The Morgan fingerprint density at radius 1 is 1.53 bits per heavy atom. The number of aromatic nitrogens is 1. The maximum Gasteiger partial charge on any atom is 0.433 e. The van der Waals surface area contributed by atoms with E-state index in [2.05, 4.69) is 10.3 Å². The number of nitrogens with two attached hydrogens (primary N) is 1. The van der Waals surface area contributed by atoms with Crippen LogP contribution in [0, 0.1) is 0 Å². The van der Waals surface area contributed by atoms with E-state index in [-0.39, 0.29) is 23.5 Å². The molecule has 0 radical (unpaired) electrons. The first kappa shape index (κ1) is 13.9. The van der Waals surface area contributed by atoms with Gasteiger partial charge in [0, 0.05) is 12.6 Å². The van der Waals surface area contributed by atoms with Crippen molar-refractivity contribution in [2.24, 2.45) is 0 Å². The summed E-state index contributed by atoms with van der Waals surface area (Å²) in [6, 6.07) is 0.828. The molecule has 0 spiro atoms. The smallest absolute Gasteiger partial charge is 0.396 e. The van der Waals surface area contributed by atoms with Crippen molar-refractivity contribution in [1.29, 1.82) is 0 Å². The molecule has 1 aliphatic heterocycles. The Morgan fingerprint density at radius 3 is 2.84 bits per heavy atom. The topological polar surface area (TPSA) is 60.2 Å². The second-order valence-corrected chi connectivity index (χ2v) is 4.64. The first-order valence-corrected chi connectivity index (χ1v) is 6.09. The molecule has 2 heterocycles. The van der Waals surface area contributed by atoms with Crippen LogP contribution in [0.25, 0.3) is 0 Å². The predicted octanol–water partition coefficient (Wildman–Crippen LogP) is 2.66. The maximum atomic E-state index is 12.6. The Hall–Kier alpha value is -1.50. The number of ether oxygens (including phenoxy) is 1. The first-order valence-electron chi connectivity index (χ1n) is 6.09. The van der Waals surface area contributed by atoms with E-state index in [0.29, 0.717) is 6.61 Å². The highest BCUT2D eigenvalue weighted by Crippen LogP contribution is 2.31. The van der Waals surface area contributed by atoms with E-state index in [1.165, 1.54) is 0 Å². The van der Waals surface area contributed by atoms with E-state index in [4.69, 9.17) is 10.5 Å². The molecule has 106 valence electrons. The molecule has 0 aromatic carbocycles. The Labute approximate surface area is 109 Å². The summed E-state index contributed by atoms with van der Waals surface area (Å²) in [6.07, 6.45) is -1.59. The molecule has 7 heteroatoms. The van der Waals surface area contributed by atoms with Gasteiger partial charge in [-0.1, -0.05) is 0 Å². The molecular weight excluding hydrogens is 259 g/mol. The largest absolute Gasteiger partial charge is 0.433 e. The van der Waals surface area contributed by atoms with Gasteiger partial charge in [0.25, 0.3) is 0 Å². The molecule has 3 N–H and O–H groups in total. The van der Waals surface area contributed by atoms with Gasteiger partial charge in [0.15, 0.2) is 0 Å². The third-order valence-corrected chi connectivity index (χ3v) is 3.13. The number of hydrogen-bond acceptors (Lipinski definition) is 4. The number of anilines is 2. The van der Waals surface area contributed by atoms with E-state index in [0.717, 1.165) is 25.1 Å². The molecule has 0 amide bonds. The van der Waals surface area contributed by atoms with Gasteiger partial charge in [-0.2, -0.15) is 13.2 Å². The van der Waals surface area contributed by atoms with Crippen molar-refractivity contribution in [2.45, 2.75) is 38.1 Å². The summed E-state index contributed by atoms with van der Waals surface area (Å²) >= 11 is 0. The highest BCUT2D eigenvalue weighted by Gasteiger charge is 2.33. The van der Waals surface area contributed by atoms with Crippen molar-refractivity contribution in [2.75, 3.05) is 17.7 Å². The minimum atomic E-state index is -4.47. The van der Waals surface area contributed by atoms with Crippen molar-refractivity contribution in [3.05, 3.63) is 18.0 Å². The highest BCUT2D eigenvalue weighted by atomic mass is 19.4. The highest BCUT2D eigenvalue weighted by molar-refractivity contribution is 5.65. The Balaban J connectivity index is 2.14. The monoisotopic (exact) mass is 275 g/mol. The second-order valence-electron chi connectivity index (χ2n) is 4.64. The summed E-state index contributed by atoms with van der Waals surface area (Å²) in [4.78, 5) is 3.29. The third kappa shape index (κ3) is 3.28. The van der Waals surface area contributed by atoms with E-state index >= 15 is 0 Å². The number of rotatable bonds is 3. The van der Waals surface area contributed by atoms with E-state index < -0.39 is 11.9 Å². The van der Waals surface area contributed by atoms with Crippen LogP contribution in [-0.2, 0) is 10.9 Å². The molecule has 0 saturated carbocycles. The lowest BCUT2D eigenvalue weighted by molar-refractivity contribution is -0.141. The average Bonchev–Trinajstić information content (AvgIpc) is 2.84. The summed E-state index contributed by atoms with van der Waals surface area (Å²) in [5, 5.41) is 2.97. The van der Waals surface area contributed by atoms with Gasteiger partial charge in [0.1, 0.15) is 5.69 Å². The van der Waals surface area contributed by atoms with Gasteiger partial charge in [-0.25, -0.2) is 4.98 Å². The summed E-state index contributed by atoms with van der Waals surface area (Å²) in [5.74, 6) is 0. The van der Waals surface area contributed by atoms with E-state index in [1.54, 1.807) is 0 Å². The average molecular weight is 275 g/mol. The van der Waals surface area contributed by atoms with Crippen molar-refractivity contribution in [3.63, 3.8) is 0 Å². The number of pyridine rings is 1. The number of halogens is 3. The van der Waals surface area contributed by atoms with Crippen LogP contribution in [0.3, 0.4) is 0 Å². The van der Waals surface area contributed by atoms with Crippen LogP contribution in [-0.4, -0.2) is 23.7 Å². The minimum Gasteiger partial charge on any atom is -0.396 e. The van der Waals surface area contributed by atoms with E-state index in [9.17, 15) is 13.2 Å². The molecule has 2 rings (SSSR count). The molecule has 1 fully saturated rings. The fraction of sp³-hybridized carbons (Fsp3) is 0.583. The van der Waals surface area contributed by atoms with Crippen molar-refractivity contribution in [3.8, 4) is 0 Å².